The van der Waals surface area contributed by atoms with E-state index in [1.54, 1.807) is 0 Å². The minimum atomic E-state index is 0.0433. The van der Waals surface area contributed by atoms with Gasteiger partial charge in [0.2, 0.25) is 11.8 Å². The molecular formula is C19H25N3O2. The number of carbonyl (C=O) groups excluding carboxylic acids is 2. The molecule has 2 aromatic rings. The van der Waals surface area contributed by atoms with Crippen molar-refractivity contribution in [3.05, 3.63) is 36.0 Å². The van der Waals surface area contributed by atoms with Crippen LogP contribution in [0.2, 0.25) is 0 Å². The SMILES string of the molecule is O=C1CCN(C(=O)Cc2c[nH]c3ccccc23)CCCCCCN1. The molecule has 2 heterocycles. The maximum absolute atomic E-state index is 12.7. The van der Waals surface area contributed by atoms with Crippen molar-refractivity contribution < 1.29 is 9.59 Å². The van der Waals surface area contributed by atoms with Crippen molar-refractivity contribution in [2.75, 3.05) is 19.6 Å². The largest absolute Gasteiger partial charge is 0.361 e. The first-order valence-corrected chi connectivity index (χ1v) is 8.83. The molecule has 1 aromatic carbocycles. The van der Waals surface area contributed by atoms with Crippen LogP contribution < -0.4 is 5.32 Å². The average molecular weight is 327 g/mol. The Labute approximate surface area is 142 Å². The number of aromatic nitrogens is 1. The first-order chi connectivity index (χ1) is 11.7. The first kappa shape index (κ1) is 16.6. The van der Waals surface area contributed by atoms with E-state index in [2.05, 4.69) is 10.3 Å². The molecule has 5 heteroatoms. The highest BCUT2D eigenvalue weighted by Crippen LogP contribution is 2.19. The van der Waals surface area contributed by atoms with Crippen molar-refractivity contribution in [2.45, 2.75) is 38.5 Å². The van der Waals surface area contributed by atoms with Crippen LogP contribution in [0.1, 0.15) is 37.7 Å². The first-order valence-electron chi connectivity index (χ1n) is 8.83. The quantitative estimate of drug-likeness (QED) is 0.890. The van der Waals surface area contributed by atoms with Crippen LogP contribution in [-0.2, 0) is 16.0 Å². The lowest BCUT2D eigenvalue weighted by molar-refractivity contribution is -0.131. The Morgan fingerprint density at radius 3 is 2.83 bits per heavy atom. The summed E-state index contributed by atoms with van der Waals surface area (Å²) in [5.41, 5.74) is 2.08. The van der Waals surface area contributed by atoms with Gasteiger partial charge in [-0.25, -0.2) is 0 Å². The van der Waals surface area contributed by atoms with Gasteiger partial charge in [-0.05, 0) is 24.5 Å². The Morgan fingerprint density at radius 2 is 1.92 bits per heavy atom. The molecule has 1 fully saturated rings. The molecule has 0 bridgehead atoms. The molecule has 1 aliphatic rings. The summed E-state index contributed by atoms with van der Waals surface area (Å²) in [6.45, 7) is 2.00. The molecule has 0 spiro atoms. The molecule has 1 saturated heterocycles. The van der Waals surface area contributed by atoms with E-state index in [9.17, 15) is 9.59 Å². The molecule has 1 aromatic heterocycles. The molecule has 0 atom stereocenters. The summed E-state index contributed by atoms with van der Waals surface area (Å²) in [5.74, 6) is 0.147. The van der Waals surface area contributed by atoms with Crippen LogP contribution in [0.5, 0.6) is 0 Å². The number of hydrogen-bond donors (Lipinski definition) is 2. The van der Waals surface area contributed by atoms with E-state index < -0.39 is 0 Å². The van der Waals surface area contributed by atoms with Gasteiger partial charge in [0, 0.05) is 43.2 Å². The van der Waals surface area contributed by atoms with Gasteiger partial charge in [-0.2, -0.15) is 0 Å². The van der Waals surface area contributed by atoms with Crippen LogP contribution in [0.25, 0.3) is 10.9 Å². The summed E-state index contributed by atoms with van der Waals surface area (Å²) in [4.78, 5) is 29.6. The van der Waals surface area contributed by atoms with Gasteiger partial charge in [-0.15, -0.1) is 0 Å². The zero-order valence-electron chi connectivity index (χ0n) is 14.0. The molecule has 0 aliphatic carbocycles. The summed E-state index contributed by atoms with van der Waals surface area (Å²) in [6, 6.07) is 8.02. The van der Waals surface area contributed by atoms with E-state index >= 15 is 0 Å². The highest BCUT2D eigenvalue weighted by Gasteiger charge is 2.17. The molecule has 0 saturated carbocycles. The minimum Gasteiger partial charge on any atom is -0.361 e. The summed E-state index contributed by atoms with van der Waals surface area (Å²) in [5, 5.41) is 4.03. The van der Waals surface area contributed by atoms with E-state index in [1.165, 1.54) is 0 Å². The second-order valence-corrected chi connectivity index (χ2v) is 6.43. The van der Waals surface area contributed by atoms with Gasteiger partial charge in [0.25, 0.3) is 0 Å². The summed E-state index contributed by atoms with van der Waals surface area (Å²) in [7, 11) is 0. The predicted molar refractivity (Wildman–Crippen MR) is 94.7 cm³/mol. The Kier molecular flexibility index (Phi) is 5.51. The van der Waals surface area contributed by atoms with E-state index in [0.717, 1.165) is 55.2 Å². The number of amides is 2. The third-order valence-corrected chi connectivity index (χ3v) is 4.66. The van der Waals surface area contributed by atoms with E-state index in [0.29, 0.717) is 19.4 Å². The standard InChI is InChI=1S/C19H25N3O2/c23-18-9-12-22(11-6-2-1-5-10-20-18)19(24)13-15-14-21-17-8-4-3-7-16(15)17/h3-4,7-8,14,21H,1-2,5-6,9-13H2,(H,20,23). The lowest BCUT2D eigenvalue weighted by Gasteiger charge is -2.22. The van der Waals surface area contributed by atoms with Crippen LogP contribution >= 0.6 is 0 Å². The number of nitrogens with one attached hydrogen (secondary N) is 2. The Hall–Kier alpha value is -2.30. The number of para-hydroxylation sites is 1. The summed E-state index contributed by atoms with van der Waals surface area (Å²) in [6.07, 6.45) is 6.92. The number of fused-ring (bicyclic) bond motifs is 1. The fraction of sp³-hybridized carbons (Fsp3) is 0.474. The maximum Gasteiger partial charge on any atom is 0.227 e. The third kappa shape index (κ3) is 4.16. The van der Waals surface area contributed by atoms with E-state index in [-0.39, 0.29) is 11.8 Å². The fourth-order valence-corrected chi connectivity index (χ4v) is 3.25. The molecular weight excluding hydrogens is 302 g/mol. The number of H-pyrrole nitrogens is 1. The van der Waals surface area contributed by atoms with Crippen molar-refractivity contribution in [2.24, 2.45) is 0 Å². The molecule has 2 N–H and O–H groups in total. The minimum absolute atomic E-state index is 0.0433. The number of carbonyl (C=O) groups is 2. The number of nitrogens with zero attached hydrogens (tertiary/aromatic N) is 1. The number of hydrogen-bond acceptors (Lipinski definition) is 2. The zero-order valence-corrected chi connectivity index (χ0v) is 14.0. The van der Waals surface area contributed by atoms with Crippen LogP contribution in [0, 0.1) is 0 Å². The Balaban J connectivity index is 1.67. The molecule has 128 valence electrons. The van der Waals surface area contributed by atoms with E-state index in [1.807, 2.05) is 35.4 Å². The molecule has 1 aliphatic heterocycles. The number of rotatable bonds is 2. The molecule has 24 heavy (non-hydrogen) atoms. The highest BCUT2D eigenvalue weighted by atomic mass is 16.2. The predicted octanol–water partition coefficient (Wildman–Crippen LogP) is 2.62. The molecule has 3 rings (SSSR count). The highest BCUT2D eigenvalue weighted by molar-refractivity contribution is 5.89. The summed E-state index contributed by atoms with van der Waals surface area (Å²) >= 11 is 0. The molecule has 0 radical (unpaired) electrons. The van der Waals surface area contributed by atoms with Gasteiger partial charge >= 0.3 is 0 Å². The van der Waals surface area contributed by atoms with Crippen molar-refractivity contribution >= 4 is 22.7 Å². The van der Waals surface area contributed by atoms with E-state index in [4.69, 9.17) is 0 Å². The van der Waals surface area contributed by atoms with Gasteiger partial charge in [-0.3, -0.25) is 9.59 Å². The van der Waals surface area contributed by atoms with Gasteiger partial charge in [0.15, 0.2) is 0 Å². The van der Waals surface area contributed by atoms with Crippen LogP contribution in [0.4, 0.5) is 0 Å². The van der Waals surface area contributed by atoms with Gasteiger partial charge in [0.1, 0.15) is 0 Å². The average Bonchev–Trinajstić information content (AvgIpc) is 2.97. The Bertz CT molecular complexity index is 707. The zero-order chi connectivity index (χ0) is 16.8. The van der Waals surface area contributed by atoms with Crippen molar-refractivity contribution in [3.8, 4) is 0 Å². The molecule has 5 nitrogen and oxygen atoms in total. The second-order valence-electron chi connectivity index (χ2n) is 6.43. The maximum atomic E-state index is 12.7. The van der Waals surface area contributed by atoms with Crippen LogP contribution in [0.15, 0.2) is 30.5 Å². The van der Waals surface area contributed by atoms with Crippen LogP contribution in [0.3, 0.4) is 0 Å². The van der Waals surface area contributed by atoms with Crippen molar-refractivity contribution in [3.63, 3.8) is 0 Å². The third-order valence-electron chi connectivity index (χ3n) is 4.66. The van der Waals surface area contributed by atoms with Gasteiger partial charge in [0.05, 0.1) is 6.42 Å². The molecule has 0 unspecified atom stereocenters. The number of benzene rings is 1. The molecule has 2 amide bonds. The van der Waals surface area contributed by atoms with Gasteiger partial charge < -0.3 is 15.2 Å². The van der Waals surface area contributed by atoms with Crippen molar-refractivity contribution in [1.82, 2.24) is 15.2 Å². The Morgan fingerprint density at radius 1 is 1.08 bits per heavy atom. The lowest BCUT2D eigenvalue weighted by Crippen LogP contribution is -2.36. The smallest absolute Gasteiger partial charge is 0.227 e. The number of aromatic amines is 1. The monoisotopic (exact) mass is 327 g/mol. The van der Waals surface area contributed by atoms with Crippen LogP contribution in [-0.4, -0.2) is 41.3 Å². The normalized spacial score (nSPS) is 17.3. The fourth-order valence-electron chi connectivity index (χ4n) is 3.25. The van der Waals surface area contributed by atoms with Gasteiger partial charge in [-0.1, -0.05) is 31.0 Å². The lowest BCUT2D eigenvalue weighted by atomic mass is 10.1. The second kappa shape index (κ2) is 7.99. The topological polar surface area (TPSA) is 65.2 Å². The summed E-state index contributed by atoms with van der Waals surface area (Å²) < 4.78 is 0. The van der Waals surface area contributed by atoms with Crippen molar-refractivity contribution in [1.29, 1.82) is 0 Å².